The number of Topliss-reactive ketones (excluding diaryl/α,β-unsaturated/α-hetero) is 2. The van der Waals surface area contributed by atoms with Crippen molar-refractivity contribution in [3.8, 4) is 0 Å². The van der Waals surface area contributed by atoms with Crippen molar-refractivity contribution < 1.29 is 32.3 Å². The smallest absolute Gasteiger partial charge is 0.416 e. The lowest BCUT2D eigenvalue weighted by Gasteiger charge is -2.07. The average Bonchev–Trinajstić information content (AvgIpc) is 2.60. The monoisotopic (exact) mass is 350 g/mol. The maximum atomic E-state index is 12.5. The first-order chi connectivity index (χ1) is 11.7. The Hall–Kier alpha value is -2.96. The third kappa shape index (κ3) is 4.53. The second kappa shape index (κ2) is 7.29. The van der Waals surface area contributed by atoms with E-state index >= 15 is 0 Å². The summed E-state index contributed by atoms with van der Waals surface area (Å²) in [6, 6.07) is 9.38. The zero-order valence-corrected chi connectivity index (χ0v) is 13.1. The summed E-state index contributed by atoms with van der Waals surface area (Å²) < 4.78 is 42.0. The summed E-state index contributed by atoms with van der Waals surface area (Å²) in [5.41, 5.74) is -0.204. The molecule has 25 heavy (non-hydrogen) atoms. The Bertz CT molecular complexity index is 791. The van der Waals surface area contributed by atoms with Gasteiger partial charge in [0.25, 0.3) is 0 Å². The number of halogens is 3. The zero-order valence-electron chi connectivity index (χ0n) is 13.1. The van der Waals surface area contributed by atoms with Crippen LogP contribution < -0.4 is 0 Å². The number of rotatable bonds is 5. The van der Waals surface area contributed by atoms with E-state index in [4.69, 9.17) is 0 Å². The largest absolute Gasteiger partial charge is 0.465 e. The zero-order chi connectivity index (χ0) is 18.6. The van der Waals surface area contributed by atoms with Crippen LogP contribution in [-0.2, 0) is 22.1 Å². The van der Waals surface area contributed by atoms with Gasteiger partial charge in [-0.15, -0.1) is 0 Å². The molecule has 0 heterocycles. The highest BCUT2D eigenvalue weighted by Crippen LogP contribution is 2.29. The number of hydrogen-bond acceptors (Lipinski definition) is 4. The summed E-state index contributed by atoms with van der Waals surface area (Å²) in [6.45, 7) is 0. The number of carbonyl (C=O) groups is 3. The van der Waals surface area contributed by atoms with Gasteiger partial charge in [0.2, 0.25) is 11.6 Å². The Kier molecular flexibility index (Phi) is 5.36. The van der Waals surface area contributed by atoms with Gasteiger partial charge in [0.05, 0.1) is 18.2 Å². The third-order valence-electron chi connectivity index (χ3n) is 3.47. The van der Waals surface area contributed by atoms with Crippen LogP contribution >= 0.6 is 0 Å². The van der Waals surface area contributed by atoms with Crippen molar-refractivity contribution in [2.24, 2.45) is 0 Å². The molecule has 0 aliphatic rings. The molecule has 0 spiro atoms. The first-order valence-corrected chi connectivity index (χ1v) is 7.14. The van der Waals surface area contributed by atoms with E-state index in [1.807, 2.05) is 0 Å². The van der Waals surface area contributed by atoms with E-state index in [2.05, 4.69) is 4.74 Å². The topological polar surface area (TPSA) is 60.4 Å². The van der Waals surface area contributed by atoms with Crippen molar-refractivity contribution in [3.05, 3.63) is 70.8 Å². The van der Waals surface area contributed by atoms with Crippen molar-refractivity contribution in [2.75, 3.05) is 7.11 Å². The summed E-state index contributed by atoms with van der Waals surface area (Å²) in [5.74, 6) is -2.11. The van der Waals surface area contributed by atoms with E-state index in [0.29, 0.717) is 5.56 Å². The molecule has 130 valence electrons. The summed E-state index contributed by atoms with van der Waals surface area (Å²) in [4.78, 5) is 35.4. The van der Waals surface area contributed by atoms with Gasteiger partial charge in [-0.05, 0) is 29.8 Å². The van der Waals surface area contributed by atoms with Crippen LogP contribution in [0, 0.1) is 0 Å². The summed E-state index contributed by atoms with van der Waals surface area (Å²) in [7, 11) is 1.22. The van der Waals surface area contributed by atoms with E-state index in [9.17, 15) is 27.6 Å². The number of carbonyl (C=O) groups excluding carboxylic acids is 3. The van der Waals surface area contributed by atoms with Gasteiger partial charge in [-0.2, -0.15) is 13.2 Å². The molecule has 0 unspecified atom stereocenters. The summed E-state index contributed by atoms with van der Waals surface area (Å²) >= 11 is 0. The molecule has 2 aromatic carbocycles. The van der Waals surface area contributed by atoms with Crippen molar-refractivity contribution in [2.45, 2.75) is 12.6 Å². The molecule has 0 bridgehead atoms. The Morgan fingerprint density at radius 2 is 1.40 bits per heavy atom. The van der Waals surface area contributed by atoms with E-state index < -0.39 is 29.3 Å². The van der Waals surface area contributed by atoms with Crippen molar-refractivity contribution in [3.63, 3.8) is 0 Å². The van der Waals surface area contributed by atoms with Crippen molar-refractivity contribution in [1.82, 2.24) is 0 Å². The fourth-order valence-corrected chi connectivity index (χ4v) is 2.11. The maximum Gasteiger partial charge on any atom is 0.416 e. The van der Waals surface area contributed by atoms with Gasteiger partial charge in [-0.25, -0.2) is 4.79 Å². The Balaban J connectivity index is 2.07. The van der Waals surface area contributed by atoms with Gasteiger partial charge in [-0.3, -0.25) is 9.59 Å². The van der Waals surface area contributed by atoms with Gasteiger partial charge in [-0.1, -0.05) is 24.3 Å². The standard InChI is InChI=1S/C18H13F3O4/c1-25-17(24)13-6-4-12(5-7-13)16(23)15(22)10-11-2-8-14(9-3-11)18(19,20)21/h2-9H,10H2,1H3. The minimum atomic E-state index is -4.46. The van der Waals surface area contributed by atoms with E-state index in [1.54, 1.807) is 0 Å². The van der Waals surface area contributed by atoms with E-state index in [-0.39, 0.29) is 17.5 Å². The van der Waals surface area contributed by atoms with Crippen LogP contribution in [0.1, 0.15) is 31.8 Å². The predicted molar refractivity (Wildman–Crippen MR) is 82.3 cm³/mol. The first kappa shape index (κ1) is 18.4. The molecule has 4 nitrogen and oxygen atoms in total. The molecular weight excluding hydrogens is 337 g/mol. The van der Waals surface area contributed by atoms with Crippen LogP contribution in [0.15, 0.2) is 48.5 Å². The normalized spacial score (nSPS) is 11.0. The predicted octanol–water partition coefficient (Wildman–Crippen LogP) is 3.49. The Morgan fingerprint density at radius 1 is 0.880 bits per heavy atom. The quantitative estimate of drug-likeness (QED) is 0.471. The van der Waals surface area contributed by atoms with E-state index in [1.165, 1.54) is 31.4 Å². The molecule has 0 saturated heterocycles. The number of hydrogen-bond donors (Lipinski definition) is 0. The van der Waals surface area contributed by atoms with Gasteiger partial charge < -0.3 is 4.74 Å². The minimum Gasteiger partial charge on any atom is -0.465 e. The molecule has 0 saturated carbocycles. The molecule has 0 fully saturated rings. The summed E-state index contributed by atoms with van der Waals surface area (Å²) in [6.07, 6.45) is -4.77. The van der Waals surface area contributed by atoms with Gasteiger partial charge >= 0.3 is 12.1 Å². The van der Waals surface area contributed by atoms with Gasteiger partial charge in [0.15, 0.2) is 0 Å². The number of esters is 1. The van der Waals surface area contributed by atoms with E-state index in [0.717, 1.165) is 24.3 Å². The number of alkyl halides is 3. The number of methoxy groups -OCH3 is 1. The van der Waals surface area contributed by atoms with Crippen molar-refractivity contribution >= 4 is 17.5 Å². The average molecular weight is 350 g/mol. The molecule has 0 radical (unpaired) electrons. The molecule has 2 rings (SSSR count). The molecule has 7 heteroatoms. The maximum absolute atomic E-state index is 12.5. The Morgan fingerprint density at radius 3 is 1.88 bits per heavy atom. The SMILES string of the molecule is COC(=O)c1ccc(C(=O)C(=O)Cc2ccc(C(F)(F)F)cc2)cc1. The highest BCUT2D eigenvalue weighted by molar-refractivity contribution is 6.44. The molecule has 0 atom stereocenters. The van der Waals surface area contributed by atoms with Crippen LogP contribution in [0.2, 0.25) is 0 Å². The number of ketones is 2. The molecular formula is C18H13F3O4. The summed E-state index contributed by atoms with van der Waals surface area (Å²) in [5, 5.41) is 0. The highest BCUT2D eigenvalue weighted by Gasteiger charge is 2.30. The molecule has 0 aliphatic heterocycles. The first-order valence-electron chi connectivity index (χ1n) is 7.14. The molecule has 0 aromatic heterocycles. The molecule has 0 N–H and O–H groups in total. The lowest BCUT2D eigenvalue weighted by molar-refractivity contribution is -0.137. The third-order valence-corrected chi connectivity index (χ3v) is 3.47. The van der Waals surface area contributed by atoms with Gasteiger partial charge in [0, 0.05) is 12.0 Å². The second-order valence-electron chi connectivity index (χ2n) is 5.19. The van der Waals surface area contributed by atoms with Crippen LogP contribution in [-0.4, -0.2) is 24.6 Å². The fourth-order valence-electron chi connectivity index (χ4n) is 2.11. The number of ether oxygens (including phenoxy) is 1. The Labute approximate surface area is 141 Å². The molecule has 2 aromatic rings. The fraction of sp³-hybridized carbons (Fsp3) is 0.167. The lowest BCUT2D eigenvalue weighted by Crippen LogP contribution is -2.17. The lowest BCUT2D eigenvalue weighted by atomic mass is 10.00. The van der Waals surface area contributed by atoms with Crippen LogP contribution in [0.4, 0.5) is 13.2 Å². The number of benzene rings is 2. The molecule has 0 aliphatic carbocycles. The van der Waals surface area contributed by atoms with Gasteiger partial charge in [0.1, 0.15) is 0 Å². The highest BCUT2D eigenvalue weighted by atomic mass is 19.4. The van der Waals surface area contributed by atoms with Crippen LogP contribution in [0.25, 0.3) is 0 Å². The van der Waals surface area contributed by atoms with Crippen LogP contribution in [0.5, 0.6) is 0 Å². The molecule has 0 amide bonds. The van der Waals surface area contributed by atoms with Crippen molar-refractivity contribution in [1.29, 1.82) is 0 Å². The van der Waals surface area contributed by atoms with Crippen LogP contribution in [0.3, 0.4) is 0 Å². The minimum absolute atomic E-state index is 0.0876. The second-order valence-corrected chi connectivity index (χ2v) is 5.19.